The third kappa shape index (κ3) is 4.96. The van der Waals surface area contributed by atoms with Crippen LogP contribution >= 0.6 is 23.4 Å². The van der Waals surface area contributed by atoms with Gasteiger partial charge in [0.15, 0.2) is 0 Å². The zero-order chi connectivity index (χ0) is 21.3. The number of nitrogens with two attached hydrogens (primary N) is 1. The van der Waals surface area contributed by atoms with Gasteiger partial charge < -0.3 is 15.5 Å². The Hall–Kier alpha value is -1.90. The fourth-order valence-electron chi connectivity index (χ4n) is 4.08. The normalized spacial score (nSPS) is 19.0. The molecule has 1 aromatic carbocycles. The summed E-state index contributed by atoms with van der Waals surface area (Å²) in [6.45, 7) is 4.78. The summed E-state index contributed by atoms with van der Waals surface area (Å²) in [5.41, 5.74) is 9.19. The van der Waals surface area contributed by atoms with E-state index < -0.39 is 11.9 Å². The molecule has 0 bridgehead atoms. The molecule has 2 aromatic rings. The lowest BCUT2D eigenvalue weighted by Crippen LogP contribution is -2.54. The number of benzene rings is 1. The quantitative estimate of drug-likeness (QED) is 0.723. The second-order valence-corrected chi connectivity index (χ2v) is 9.24. The minimum absolute atomic E-state index is 0. The topological polar surface area (TPSA) is 75.4 Å². The lowest BCUT2D eigenvalue weighted by Gasteiger charge is -2.37. The Kier molecular flexibility index (Phi) is 7.78. The molecule has 0 spiro atoms. The number of amides is 1. The van der Waals surface area contributed by atoms with Crippen molar-refractivity contribution in [1.82, 2.24) is 14.9 Å². The average Bonchev–Trinajstić information content (AvgIpc) is 3.19. The maximum atomic E-state index is 13.7. The minimum Gasteiger partial charge on any atom is -0.353 e. The van der Waals surface area contributed by atoms with E-state index in [0.29, 0.717) is 37.0 Å². The zero-order valence-corrected chi connectivity index (χ0v) is 18.4. The summed E-state index contributed by atoms with van der Waals surface area (Å²) >= 11 is 7.64. The van der Waals surface area contributed by atoms with Crippen molar-refractivity contribution in [3.05, 3.63) is 52.2 Å². The Labute approximate surface area is 192 Å². The van der Waals surface area contributed by atoms with Gasteiger partial charge in [-0.05, 0) is 30.5 Å². The van der Waals surface area contributed by atoms with Crippen LogP contribution in [0.2, 0.25) is 5.02 Å². The van der Waals surface area contributed by atoms with Crippen molar-refractivity contribution in [2.75, 3.05) is 31.1 Å². The molecule has 0 saturated carbocycles. The Morgan fingerprint density at radius 1 is 1.32 bits per heavy atom. The van der Waals surface area contributed by atoms with Crippen LogP contribution in [0.3, 0.4) is 0 Å². The van der Waals surface area contributed by atoms with Crippen molar-refractivity contribution < 1.29 is 9.18 Å². The summed E-state index contributed by atoms with van der Waals surface area (Å²) in [7, 11) is 0. The van der Waals surface area contributed by atoms with Crippen LogP contribution in [-0.4, -0.2) is 53.0 Å². The van der Waals surface area contributed by atoms with Gasteiger partial charge in [0.1, 0.15) is 18.0 Å². The molecule has 3 heterocycles. The molecule has 4 rings (SSSR count). The molecule has 2 aliphatic rings. The summed E-state index contributed by atoms with van der Waals surface area (Å²) in [6.07, 6.45) is 2.98. The van der Waals surface area contributed by atoms with Crippen LogP contribution in [0.4, 0.5) is 10.2 Å². The molecular weight excluding hydrogens is 437 g/mol. The van der Waals surface area contributed by atoms with E-state index in [-0.39, 0.29) is 24.8 Å². The number of hydrogen-bond donors (Lipinski definition) is 1. The highest BCUT2D eigenvalue weighted by Gasteiger charge is 2.32. The molecule has 2 aliphatic heterocycles. The number of hydrogen-bond acceptors (Lipinski definition) is 6. The van der Waals surface area contributed by atoms with E-state index in [1.54, 1.807) is 17.3 Å². The van der Waals surface area contributed by atoms with Gasteiger partial charge in [-0.3, -0.25) is 4.79 Å². The number of nitrogens with zero attached hydrogens (tertiary/aromatic N) is 4. The van der Waals surface area contributed by atoms with Crippen LogP contribution in [0.25, 0.3) is 0 Å². The van der Waals surface area contributed by atoms with Gasteiger partial charge in [0.25, 0.3) is 0 Å². The van der Waals surface area contributed by atoms with Crippen LogP contribution < -0.4 is 10.6 Å². The Morgan fingerprint density at radius 3 is 2.74 bits per heavy atom. The van der Waals surface area contributed by atoms with Crippen LogP contribution in [0.15, 0.2) is 24.5 Å². The van der Waals surface area contributed by atoms with E-state index in [1.165, 1.54) is 17.7 Å². The molecule has 9 heteroatoms. The van der Waals surface area contributed by atoms with E-state index in [2.05, 4.69) is 21.8 Å². The molecule has 1 amide bonds. The van der Waals surface area contributed by atoms with E-state index >= 15 is 0 Å². The molecule has 1 saturated heterocycles. The number of fused-ring (bicyclic) bond motifs is 1. The Morgan fingerprint density at radius 2 is 2.06 bits per heavy atom. The first-order valence-corrected chi connectivity index (χ1v) is 11.6. The maximum absolute atomic E-state index is 13.7. The predicted molar refractivity (Wildman–Crippen MR) is 125 cm³/mol. The van der Waals surface area contributed by atoms with Crippen LogP contribution in [0.1, 0.15) is 42.8 Å². The fraction of sp³-hybridized carbons (Fsp3) is 0.500. The van der Waals surface area contributed by atoms with Crippen molar-refractivity contribution in [3.8, 4) is 0 Å². The lowest BCUT2D eigenvalue weighted by molar-refractivity contribution is -0.132. The van der Waals surface area contributed by atoms with Crippen LogP contribution in [-0.2, 0) is 17.0 Å². The van der Waals surface area contributed by atoms with Gasteiger partial charge in [-0.1, -0.05) is 32.0 Å². The number of thioether (sulfide) groups is 1. The van der Waals surface area contributed by atoms with Crippen molar-refractivity contribution in [2.24, 2.45) is 5.73 Å². The monoisotopic (exact) mass is 465 g/mol. The van der Waals surface area contributed by atoms with Crippen molar-refractivity contribution in [2.45, 2.75) is 44.2 Å². The number of carbonyl (C=O) groups excluding carboxylic acids is 1. The van der Waals surface area contributed by atoms with Gasteiger partial charge in [0, 0.05) is 42.7 Å². The number of carbonyl (C=O) groups is 1. The van der Waals surface area contributed by atoms with E-state index in [0.717, 1.165) is 23.7 Å². The third-order valence-corrected chi connectivity index (χ3v) is 7.43. The highest BCUT2D eigenvalue weighted by Crippen LogP contribution is 2.46. The first-order valence-electron chi connectivity index (χ1n) is 10.2. The van der Waals surface area contributed by atoms with Gasteiger partial charge in [-0.2, -0.15) is 0 Å². The predicted octanol–water partition coefficient (Wildman–Crippen LogP) is 3.82. The standard InChI is InChI=1S/C21H25ClFN5OS.CH4/c1-2-18-19-17(11-30-18)25-12-26-20(19)27-5-7-28(8-6-27)21(29)16(24)10-13-3-4-14(22)15(23)9-13;/h3-4,9,12,16,18H,2,5-8,10-11,24H2,1H3;1H4/t16-,18?;/m1./s1. The first kappa shape index (κ1) is 23.8. The van der Waals surface area contributed by atoms with E-state index in [1.807, 2.05) is 11.8 Å². The summed E-state index contributed by atoms with van der Waals surface area (Å²) in [6, 6.07) is 3.82. The molecule has 6 nitrogen and oxygen atoms in total. The summed E-state index contributed by atoms with van der Waals surface area (Å²) < 4.78 is 13.7. The molecule has 2 N–H and O–H groups in total. The summed E-state index contributed by atoms with van der Waals surface area (Å²) in [4.78, 5) is 25.9. The molecule has 0 aliphatic carbocycles. The van der Waals surface area contributed by atoms with Crippen LogP contribution in [0, 0.1) is 5.82 Å². The first-order chi connectivity index (χ1) is 14.5. The highest BCUT2D eigenvalue weighted by molar-refractivity contribution is 7.99. The molecule has 1 unspecified atom stereocenters. The smallest absolute Gasteiger partial charge is 0.239 e. The van der Waals surface area contributed by atoms with E-state index in [4.69, 9.17) is 17.3 Å². The molecule has 1 aromatic heterocycles. The van der Waals surface area contributed by atoms with Crippen molar-refractivity contribution >= 4 is 35.1 Å². The largest absolute Gasteiger partial charge is 0.353 e. The number of aromatic nitrogens is 2. The minimum atomic E-state index is -0.707. The Bertz CT molecular complexity index is 938. The maximum Gasteiger partial charge on any atom is 0.239 e. The molecular formula is C22H29ClFN5OS. The number of piperazine rings is 1. The van der Waals surface area contributed by atoms with Crippen molar-refractivity contribution in [3.63, 3.8) is 0 Å². The second kappa shape index (κ2) is 10.1. The average molecular weight is 466 g/mol. The Balaban J connectivity index is 0.00000272. The third-order valence-electron chi connectivity index (χ3n) is 5.71. The zero-order valence-electron chi connectivity index (χ0n) is 16.9. The van der Waals surface area contributed by atoms with Gasteiger partial charge >= 0.3 is 0 Å². The fourth-order valence-corrected chi connectivity index (χ4v) is 5.43. The van der Waals surface area contributed by atoms with Gasteiger partial charge in [0.2, 0.25) is 5.91 Å². The van der Waals surface area contributed by atoms with Gasteiger partial charge in [0.05, 0.1) is 16.8 Å². The lowest BCUT2D eigenvalue weighted by atomic mass is 10.0. The van der Waals surface area contributed by atoms with Gasteiger partial charge in [-0.15, -0.1) is 11.8 Å². The van der Waals surface area contributed by atoms with Crippen molar-refractivity contribution in [1.29, 1.82) is 0 Å². The number of halogens is 2. The summed E-state index contributed by atoms with van der Waals surface area (Å²) in [5.74, 6) is 1.33. The molecule has 168 valence electrons. The number of rotatable bonds is 5. The van der Waals surface area contributed by atoms with Gasteiger partial charge in [-0.25, -0.2) is 14.4 Å². The van der Waals surface area contributed by atoms with E-state index in [9.17, 15) is 9.18 Å². The summed E-state index contributed by atoms with van der Waals surface area (Å²) in [5, 5.41) is 0.499. The molecule has 2 atom stereocenters. The SMILES string of the molecule is C.CCC1SCc2ncnc(N3CCN(C(=O)[C@H](N)Cc4ccc(Cl)c(F)c4)CC3)c21. The molecule has 1 fully saturated rings. The van der Waals surface area contributed by atoms with Crippen LogP contribution in [0.5, 0.6) is 0 Å². The molecule has 0 radical (unpaired) electrons. The second-order valence-electron chi connectivity index (χ2n) is 7.64. The molecule has 31 heavy (non-hydrogen) atoms. The highest BCUT2D eigenvalue weighted by atomic mass is 35.5. The number of anilines is 1.